The van der Waals surface area contributed by atoms with E-state index in [9.17, 15) is 4.79 Å². The molecule has 2 aliphatic heterocycles. The summed E-state index contributed by atoms with van der Waals surface area (Å²) in [5.74, 6) is -0.371. The highest BCUT2D eigenvalue weighted by Gasteiger charge is 2.32. The van der Waals surface area contributed by atoms with Crippen molar-refractivity contribution in [1.29, 1.82) is 0 Å². The number of amides is 1. The molecule has 1 amide bonds. The second-order valence-electron chi connectivity index (χ2n) is 4.93. The SMILES string of the molecule is NC(=O)c1c(N)sc2c1CC1CCCCN1C2. The number of piperidine rings is 1. The van der Waals surface area contributed by atoms with Gasteiger partial charge in [-0.25, -0.2) is 0 Å². The number of nitrogens with zero attached hydrogens (tertiary/aromatic N) is 1. The molecule has 0 aromatic carbocycles. The third kappa shape index (κ3) is 1.73. The van der Waals surface area contributed by atoms with E-state index in [1.54, 1.807) is 0 Å². The van der Waals surface area contributed by atoms with Crippen LogP contribution in [0.1, 0.15) is 40.1 Å². The van der Waals surface area contributed by atoms with Crippen molar-refractivity contribution in [3.05, 3.63) is 16.0 Å². The second-order valence-corrected chi connectivity index (χ2v) is 6.07. The minimum atomic E-state index is -0.371. The van der Waals surface area contributed by atoms with Crippen LogP contribution < -0.4 is 11.5 Å². The normalized spacial score (nSPS) is 24.1. The van der Waals surface area contributed by atoms with Crippen molar-refractivity contribution in [2.24, 2.45) is 5.73 Å². The van der Waals surface area contributed by atoms with E-state index >= 15 is 0 Å². The fraction of sp³-hybridized carbons (Fsp3) is 0.583. The van der Waals surface area contributed by atoms with Gasteiger partial charge in [0.15, 0.2) is 0 Å². The Balaban J connectivity index is 2.00. The molecule has 3 heterocycles. The van der Waals surface area contributed by atoms with Crippen molar-refractivity contribution in [3.63, 3.8) is 0 Å². The number of carbonyl (C=O) groups excluding carboxylic acids is 1. The third-order valence-corrected chi connectivity index (χ3v) is 4.95. The summed E-state index contributed by atoms with van der Waals surface area (Å²) in [6, 6.07) is 0.586. The minimum absolute atomic E-state index is 0.371. The number of thiophene rings is 1. The molecule has 0 aliphatic carbocycles. The average Bonchev–Trinajstić information content (AvgIpc) is 2.60. The molecular weight excluding hydrogens is 234 g/mol. The van der Waals surface area contributed by atoms with Crippen LogP contribution >= 0.6 is 11.3 Å². The minimum Gasteiger partial charge on any atom is -0.390 e. The Bertz CT molecular complexity index is 469. The zero-order valence-corrected chi connectivity index (χ0v) is 10.6. The van der Waals surface area contributed by atoms with Crippen molar-refractivity contribution in [3.8, 4) is 0 Å². The molecule has 1 aromatic heterocycles. The highest BCUT2D eigenvalue weighted by molar-refractivity contribution is 7.16. The van der Waals surface area contributed by atoms with Gasteiger partial charge in [0.2, 0.25) is 0 Å². The van der Waals surface area contributed by atoms with Crippen molar-refractivity contribution >= 4 is 22.2 Å². The van der Waals surface area contributed by atoms with E-state index < -0.39 is 0 Å². The van der Waals surface area contributed by atoms with Crippen molar-refractivity contribution < 1.29 is 4.79 Å². The zero-order chi connectivity index (χ0) is 12.0. The quantitative estimate of drug-likeness (QED) is 0.791. The summed E-state index contributed by atoms with van der Waals surface area (Å²) in [5, 5.41) is 0.599. The molecule has 3 rings (SSSR count). The summed E-state index contributed by atoms with van der Waals surface area (Å²) in [6.07, 6.45) is 4.76. The Kier molecular flexibility index (Phi) is 2.60. The molecule has 1 saturated heterocycles. The van der Waals surface area contributed by atoms with Crippen molar-refractivity contribution in [2.45, 2.75) is 38.3 Å². The van der Waals surface area contributed by atoms with Gasteiger partial charge in [-0.05, 0) is 31.4 Å². The molecule has 5 heteroatoms. The van der Waals surface area contributed by atoms with Crippen LogP contribution in [0.3, 0.4) is 0 Å². The number of hydrogen-bond acceptors (Lipinski definition) is 4. The van der Waals surface area contributed by atoms with E-state index in [1.165, 1.54) is 42.0 Å². The number of carbonyl (C=O) groups is 1. The molecule has 1 atom stereocenters. The van der Waals surface area contributed by atoms with Gasteiger partial charge >= 0.3 is 0 Å². The highest BCUT2D eigenvalue weighted by Crippen LogP contribution is 2.38. The van der Waals surface area contributed by atoms with Gasteiger partial charge in [-0.3, -0.25) is 9.69 Å². The molecule has 0 saturated carbocycles. The summed E-state index contributed by atoms with van der Waals surface area (Å²) in [7, 11) is 0. The van der Waals surface area contributed by atoms with Crippen LogP contribution in [-0.2, 0) is 13.0 Å². The van der Waals surface area contributed by atoms with E-state index in [-0.39, 0.29) is 5.91 Å². The lowest BCUT2D eigenvalue weighted by Gasteiger charge is -2.39. The Hall–Kier alpha value is -1.07. The Morgan fingerprint density at radius 1 is 1.41 bits per heavy atom. The van der Waals surface area contributed by atoms with E-state index in [1.807, 2.05) is 0 Å². The van der Waals surface area contributed by atoms with E-state index in [0.717, 1.165) is 18.5 Å². The van der Waals surface area contributed by atoms with Gasteiger partial charge in [0.1, 0.15) is 0 Å². The maximum absolute atomic E-state index is 11.5. The van der Waals surface area contributed by atoms with Gasteiger partial charge in [-0.2, -0.15) is 0 Å². The first-order valence-corrected chi connectivity index (χ1v) is 6.92. The third-order valence-electron chi connectivity index (χ3n) is 3.90. The molecule has 17 heavy (non-hydrogen) atoms. The van der Waals surface area contributed by atoms with Crippen LogP contribution in [0.5, 0.6) is 0 Å². The fourth-order valence-electron chi connectivity index (χ4n) is 3.07. The first kappa shape index (κ1) is 11.0. The van der Waals surface area contributed by atoms with Gasteiger partial charge in [0.25, 0.3) is 5.91 Å². The number of anilines is 1. The van der Waals surface area contributed by atoms with Gasteiger partial charge in [0.05, 0.1) is 10.6 Å². The standard InChI is InChI=1S/C12H17N3OS/c13-11(16)10-8-5-7-3-1-2-4-15(7)6-9(8)17-12(10)14/h7H,1-6,14H2,(H2,13,16). The first-order chi connectivity index (χ1) is 8.16. The van der Waals surface area contributed by atoms with Gasteiger partial charge in [0, 0.05) is 17.5 Å². The molecule has 0 bridgehead atoms. The van der Waals surface area contributed by atoms with Crippen LogP contribution in [0, 0.1) is 0 Å². The summed E-state index contributed by atoms with van der Waals surface area (Å²) < 4.78 is 0. The van der Waals surface area contributed by atoms with Crippen molar-refractivity contribution in [2.75, 3.05) is 12.3 Å². The second kappa shape index (κ2) is 3.99. The summed E-state index contributed by atoms with van der Waals surface area (Å²) >= 11 is 1.54. The number of nitrogen functional groups attached to an aromatic ring is 1. The monoisotopic (exact) mass is 251 g/mol. The number of hydrogen-bond donors (Lipinski definition) is 2. The maximum Gasteiger partial charge on any atom is 0.251 e. The lowest BCUT2D eigenvalue weighted by molar-refractivity contribution is 0.0995. The Labute approximate surface area is 105 Å². The van der Waals surface area contributed by atoms with Crippen LogP contribution in [0.25, 0.3) is 0 Å². The zero-order valence-electron chi connectivity index (χ0n) is 9.74. The maximum atomic E-state index is 11.5. The van der Waals surface area contributed by atoms with E-state index in [2.05, 4.69) is 4.90 Å². The molecule has 4 nitrogen and oxygen atoms in total. The smallest absolute Gasteiger partial charge is 0.251 e. The predicted molar refractivity (Wildman–Crippen MR) is 69.0 cm³/mol. The van der Waals surface area contributed by atoms with Crippen LogP contribution in [0.4, 0.5) is 5.00 Å². The van der Waals surface area contributed by atoms with E-state index in [4.69, 9.17) is 11.5 Å². The lowest BCUT2D eigenvalue weighted by atomic mass is 9.90. The molecule has 1 unspecified atom stereocenters. The fourth-order valence-corrected chi connectivity index (χ4v) is 4.20. The Morgan fingerprint density at radius 3 is 3.00 bits per heavy atom. The molecule has 92 valence electrons. The van der Waals surface area contributed by atoms with Gasteiger partial charge < -0.3 is 11.5 Å². The molecule has 0 spiro atoms. The van der Waals surface area contributed by atoms with E-state index in [0.29, 0.717) is 16.6 Å². The molecule has 0 radical (unpaired) electrons. The summed E-state index contributed by atoms with van der Waals surface area (Å²) in [5.41, 5.74) is 13.1. The average molecular weight is 251 g/mol. The van der Waals surface area contributed by atoms with Crippen LogP contribution in [0.15, 0.2) is 0 Å². The summed E-state index contributed by atoms with van der Waals surface area (Å²) in [6.45, 7) is 2.12. The molecular formula is C12H17N3OS. The van der Waals surface area contributed by atoms with Gasteiger partial charge in [-0.1, -0.05) is 6.42 Å². The molecule has 4 N–H and O–H groups in total. The topological polar surface area (TPSA) is 72.3 Å². The Morgan fingerprint density at radius 2 is 2.24 bits per heavy atom. The summed E-state index contributed by atoms with van der Waals surface area (Å²) in [4.78, 5) is 15.2. The number of nitrogens with two attached hydrogens (primary N) is 2. The highest BCUT2D eigenvalue weighted by atomic mass is 32.1. The van der Waals surface area contributed by atoms with Crippen molar-refractivity contribution in [1.82, 2.24) is 4.90 Å². The predicted octanol–water partition coefficient (Wildman–Crippen LogP) is 1.34. The number of primary amides is 1. The molecule has 1 fully saturated rings. The number of fused-ring (bicyclic) bond motifs is 2. The van der Waals surface area contributed by atoms with Crippen LogP contribution in [-0.4, -0.2) is 23.4 Å². The van der Waals surface area contributed by atoms with Gasteiger partial charge in [-0.15, -0.1) is 11.3 Å². The first-order valence-electron chi connectivity index (χ1n) is 6.10. The lowest BCUT2D eigenvalue weighted by Crippen LogP contribution is -2.43. The number of rotatable bonds is 1. The molecule has 2 aliphatic rings. The van der Waals surface area contributed by atoms with Crippen LogP contribution in [0.2, 0.25) is 0 Å². The largest absolute Gasteiger partial charge is 0.390 e. The molecule has 1 aromatic rings.